The Hall–Kier alpha value is -1.18. The number of aliphatic hydroxyl groups is 1. The van der Waals surface area contributed by atoms with E-state index in [4.69, 9.17) is 5.73 Å². The third kappa shape index (κ3) is 4.43. The van der Waals surface area contributed by atoms with Gasteiger partial charge < -0.3 is 21.3 Å². The largest absolute Gasteiger partial charge is 0.514 e. The van der Waals surface area contributed by atoms with Crippen molar-refractivity contribution in [2.45, 2.75) is 58.7 Å². The number of nitrogens with two attached hydrogens (primary N) is 1. The topological polar surface area (TPSA) is 113 Å². The molecule has 1 rings (SSSR count). The van der Waals surface area contributed by atoms with Crippen LogP contribution < -0.4 is 11.1 Å². The number of aliphatic hydroxyl groups excluding tert-OH is 1. The molecule has 1 saturated heterocycles. The van der Waals surface area contributed by atoms with Crippen LogP contribution >= 0.6 is 0 Å². The van der Waals surface area contributed by atoms with Crippen molar-refractivity contribution in [3.63, 3.8) is 0 Å². The molecule has 5 N–H and O–H groups in total. The number of nitrogens with zero attached hydrogens (tertiary/aromatic N) is 1. The van der Waals surface area contributed by atoms with Crippen molar-refractivity contribution in [2.24, 2.45) is 17.6 Å². The van der Waals surface area contributed by atoms with Gasteiger partial charge in [-0.2, -0.15) is 4.79 Å². The van der Waals surface area contributed by atoms with Crippen molar-refractivity contribution >= 4 is 12.0 Å². The van der Waals surface area contributed by atoms with Crippen LogP contribution in [0.15, 0.2) is 0 Å². The minimum atomic E-state index is -0.943. The van der Waals surface area contributed by atoms with E-state index in [2.05, 4.69) is 5.32 Å². The van der Waals surface area contributed by atoms with Gasteiger partial charge in [0, 0.05) is 6.54 Å². The van der Waals surface area contributed by atoms with E-state index < -0.39 is 23.8 Å². The highest BCUT2D eigenvalue weighted by Crippen LogP contribution is 2.34. The minimum absolute atomic E-state index is 0.150. The van der Waals surface area contributed by atoms with Crippen LogP contribution in [-0.2, 0) is 4.79 Å². The molecular formula is C16H32N3O4+. The maximum absolute atomic E-state index is 12.0. The number of carbonyl (C=O) groups is 2. The van der Waals surface area contributed by atoms with Gasteiger partial charge in [-0.3, -0.25) is 4.79 Å². The lowest BCUT2D eigenvalue weighted by molar-refractivity contribution is -0.894. The molecule has 7 nitrogen and oxygen atoms in total. The molecule has 0 spiro atoms. The average Bonchev–Trinajstić information content (AvgIpc) is 2.73. The highest BCUT2D eigenvalue weighted by Gasteiger charge is 2.56. The second-order valence-corrected chi connectivity index (χ2v) is 8.10. The summed E-state index contributed by atoms with van der Waals surface area (Å²) in [5, 5.41) is 22.7. The molecule has 0 aliphatic carbocycles. The first kappa shape index (κ1) is 19.9. The summed E-state index contributed by atoms with van der Waals surface area (Å²) in [6.07, 6.45) is -1.11. The van der Waals surface area contributed by atoms with E-state index in [0.29, 0.717) is 18.9 Å². The van der Waals surface area contributed by atoms with E-state index in [1.807, 2.05) is 34.6 Å². The van der Waals surface area contributed by atoms with E-state index in [0.717, 1.165) is 0 Å². The van der Waals surface area contributed by atoms with Gasteiger partial charge in [-0.15, -0.1) is 0 Å². The molecule has 1 aliphatic heterocycles. The number of carbonyl (C=O) groups excluding carboxylic acids is 1. The summed E-state index contributed by atoms with van der Waals surface area (Å²) in [4.78, 5) is 23.8. The lowest BCUT2D eigenvalue weighted by Crippen LogP contribution is -2.62. The van der Waals surface area contributed by atoms with Crippen LogP contribution in [0.4, 0.5) is 4.79 Å². The Morgan fingerprint density at radius 1 is 1.30 bits per heavy atom. The Morgan fingerprint density at radius 2 is 1.87 bits per heavy atom. The number of nitrogens with one attached hydrogen (secondary N) is 1. The zero-order valence-corrected chi connectivity index (χ0v) is 14.9. The van der Waals surface area contributed by atoms with E-state index in [1.54, 1.807) is 0 Å². The summed E-state index contributed by atoms with van der Waals surface area (Å²) >= 11 is 0. The van der Waals surface area contributed by atoms with E-state index in [9.17, 15) is 19.8 Å². The number of quaternary nitrogens is 1. The summed E-state index contributed by atoms with van der Waals surface area (Å²) in [6.45, 7) is 10.2. The Balaban J connectivity index is 2.70. The standard InChI is InChI=1S/C16H31N3O4/c1-10(2)6-12(17)14(21)18-7-11-8-19(15(22)23,9-13(11)20)16(3,4)5/h10-13,20H,6-9,17H2,1-5H3,(H-,18,21,22,23)/p+1/t11-,12+,13+,19?/m1/s1. The summed E-state index contributed by atoms with van der Waals surface area (Å²) in [5.74, 6) is -0.215. The van der Waals surface area contributed by atoms with Crippen LogP contribution in [0.5, 0.6) is 0 Å². The maximum Gasteiger partial charge on any atom is 0.514 e. The van der Waals surface area contributed by atoms with Gasteiger partial charge in [0.15, 0.2) is 0 Å². The van der Waals surface area contributed by atoms with Gasteiger partial charge in [-0.25, -0.2) is 4.48 Å². The maximum atomic E-state index is 12.0. The number of likely N-dealkylation sites (tertiary alicyclic amines) is 1. The molecule has 0 radical (unpaired) electrons. The molecule has 0 aromatic carbocycles. The van der Waals surface area contributed by atoms with Crippen LogP contribution in [0.1, 0.15) is 41.0 Å². The SMILES string of the molecule is CC(C)C[C@H](N)C(=O)NC[C@@H]1C[N+](C(=O)O)(C(C)(C)C)C[C@@H]1O. The molecule has 134 valence electrons. The molecule has 4 atom stereocenters. The Labute approximate surface area is 138 Å². The first-order valence-electron chi connectivity index (χ1n) is 8.22. The first-order chi connectivity index (χ1) is 10.4. The van der Waals surface area contributed by atoms with Gasteiger partial charge in [0.05, 0.1) is 18.5 Å². The highest BCUT2D eigenvalue weighted by molar-refractivity contribution is 5.81. The molecule has 7 heteroatoms. The van der Waals surface area contributed by atoms with Crippen molar-refractivity contribution in [3.05, 3.63) is 0 Å². The second kappa shape index (κ2) is 7.15. The highest BCUT2D eigenvalue weighted by atomic mass is 16.4. The predicted octanol–water partition coefficient (Wildman–Crippen LogP) is 0.760. The van der Waals surface area contributed by atoms with E-state index in [1.165, 1.54) is 0 Å². The first-order valence-corrected chi connectivity index (χ1v) is 8.22. The summed E-state index contributed by atoms with van der Waals surface area (Å²) in [5.41, 5.74) is 5.31. The Kier molecular flexibility index (Phi) is 6.18. The molecule has 1 unspecified atom stereocenters. The van der Waals surface area contributed by atoms with Crippen LogP contribution in [0.3, 0.4) is 0 Å². The Bertz CT molecular complexity index is 447. The normalized spacial score (nSPS) is 29.6. The molecule has 23 heavy (non-hydrogen) atoms. The number of amides is 2. The number of hydrogen-bond donors (Lipinski definition) is 4. The van der Waals surface area contributed by atoms with Crippen LogP contribution in [0, 0.1) is 11.8 Å². The van der Waals surface area contributed by atoms with Crippen molar-refractivity contribution in [2.75, 3.05) is 19.6 Å². The zero-order valence-electron chi connectivity index (χ0n) is 14.9. The molecule has 0 aromatic heterocycles. The molecule has 1 fully saturated rings. The van der Waals surface area contributed by atoms with Crippen molar-refractivity contribution < 1.29 is 24.3 Å². The third-order valence-corrected chi connectivity index (χ3v) is 4.84. The van der Waals surface area contributed by atoms with Crippen molar-refractivity contribution in [1.82, 2.24) is 5.32 Å². The molecule has 1 heterocycles. The number of rotatable bonds is 5. The van der Waals surface area contributed by atoms with Gasteiger partial charge >= 0.3 is 6.09 Å². The van der Waals surface area contributed by atoms with Crippen molar-refractivity contribution in [3.8, 4) is 0 Å². The fourth-order valence-electron chi connectivity index (χ4n) is 3.23. The lowest BCUT2D eigenvalue weighted by atomic mass is 10.0. The van der Waals surface area contributed by atoms with Crippen LogP contribution in [-0.4, -0.2) is 64.0 Å². The van der Waals surface area contributed by atoms with Crippen molar-refractivity contribution in [1.29, 1.82) is 0 Å². The number of hydrogen-bond acceptors (Lipinski definition) is 4. The molecule has 0 aromatic rings. The predicted molar refractivity (Wildman–Crippen MR) is 87.7 cm³/mol. The molecule has 0 saturated carbocycles. The average molecular weight is 330 g/mol. The molecule has 2 amide bonds. The van der Waals surface area contributed by atoms with Gasteiger partial charge in [0.25, 0.3) is 0 Å². The summed E-state index contributed by atoms with van der Waals surface area (Å²) in [7, 11) is 0. The van der Waals surface area contributed by atoms with Gasteiger partial charge in [0.1, 0.15) is 18.2 Å². The summed E-state index contributed by atoms with van der Waals surface area (Å²) < 4.78 is -0.202. The fraction of sp³-hybridized carbons (Fsp3) is 0.875. The molecule has 1 aliphatic rings. The summed E-state index contributed by atoms with van der Waals surface area (Å²) in [6, 6.07) is -0.574. The second-order valence-electron chi connectivity index (χ2n) is 8.10. The molecule has 0 bridgehead atoms. The zero-order chi connectivity index (χ0) is 18.0. The van der Waals surface area contributed by atoms with Gasteiger partial charge in [-0.1, -0.05) is 13.8 Å². The van der Waals surface area contributed by atoms with Crippen LogP contribution in [0.25, 0.3) is 0 Å². The minimum Gasteiger partial charge on any atom is -0.435 e. The van der Waals surface area contributed by atoms with Gasteiger partial charge in [0.2, 0.25) is 5.91 Å². The smallest absolute Gasteiger partial charge is 0.435 e. The molecular weight excluding hydrogens is 298 g/mol. The Morgan fingerprint density at radius 3 is 2.26 bits per heavy atom. The third-order valence-electron chi connectivity index (χ3n) is 4.84. The van der Waals surface area contributed by atoms with E-state index >= 15 is 0 Å². The van der Waals surface area contributed by atoms with Crippen LogP contribution in [0.2, 0.25) is 0 Å². The van der Waals surface area contributed by atoms with Gasteiger partial charge in [-0.05, 0) is 33.1 Å². The number of carboxylic acid groups (broad SMARTS) is 1. The quantitative estimate of drug-likeness (QED) is 0.556. The lowest BCUT2D eigenvalue weighted by Gasteiger charge is -2.40. The van der Waals surface area contributed by atoms with E-state index in [-0.39, 0.29) is 29.4 Å². The fourth-order valence-corrected chi connectivity index (χ4v) is 3.23. The monoisotopic (exact) mass is 330 g/mol.